The molecule has 1 aliphatic rings. The van der Waals surface area contributed by atoms with Gasteiger partial charge in [-0.15, -0.1) is 0 Å². The second kappa shape index (κ2) is 6.93. The third kappa shape index (κ3) is 3.96. The summed E-state index contributed by atoms with van der Waals surface area (Å²) >= 11 is -0.131. The Labute approximate surface area is 125 Å². The molecule has 4 heteroatoms. The number of hydrogen-bond acceptors (Lipinski definition) is 3. The number of methoxy groups -OCH3 is 1. The van der Waals surface area contributed by atoms with Crippen molar-refractivity contribution in [2.24, 2.45) is 0 Å². The van der Waals surface area contributed by atoms with E-state index in [1.807, 2.05) is 18.4 Å². The predicted octanol–water partition coefficient (Wildman–Crippen LogP) is 3.86. The van der Waals surface area contributed by atoms with Gasteiger partial charge in [-0.25, -0.2) is 0 Å². The van der Waals surface area contributed by atoms with E-state index in [2.05, 4.69) is 29.1 Å². The van der Waals surface area contributed by atoms with Crippen molar-refractivity contribution in [2.75, 3.05) is 13.7 Å². The van der Waals surface area contributed by atoms with E-state index in [4.69, 9.17) is 9.47 Å². The highest BCUT2D eigenvalue weighted by Crippen LogP contribution is 2.24. The molecule has 0 fully saturated rings. The third-order valence-corrected chi connectivity index (χ3v) is 6.34. The Morgan fingerprint density at radius 1 is 1.21 bits per heavy atom. The second-order valence-corrected chi connectivity index (χ2v) is 7.19. The average molecular weight is 373 g/mol. The fourth-order valence-electron chi connectivity index (χ4n) is 1.85. The minimum atomic E-state index is -0.131. The second-order valence-electron chi connectivity index (χ2n) is 4.34. The van der Waals surface area contributed by atoms with Crippen LogP contribution in [-0.2, 0) is 11.2 Å². The summed E-state index contributed by atoms with van der Waals surface area (Å²) in [7, 11) is 1.69. The van der Waals surface area contributed by atoms with Gasteiger partial charge in [0, 0.05) is 34.0 Å². The minimum Gasteiger partial charge on any atom is -0.497 e. The Hall–Kier alpha value is -1.04. The number of ether oxygens (including phenoxy) is 2. The highest BCUT2D eigenvalue weighted by molar-refractivity contribution is 14.2. The lowest BCUT2D eigenvalue weighted by Gasteiger charge is -2.23. The first-order valence-electron chi connectivity index (χ1n) is 6.47. The zero-order valence-electron chi connectivity index (χ0n) is 11.6. The molecule has 0 saturated carbocycles. The smallest absolute Gasteiger partial charge is 0.152 e. The predicted molar refractivity (Wildman–Crippen MR) is 87.6 cm³/mol. The maximum absolute atomic E-state index is 5.73. The van der Waals surface area contributed by atoms with Crippen LogP contribution in [0.15, 0.2) is 36.2 Å². The highest BCUT2D eigenvalue weighted by atomic mass is 127. The van der Waals surface area contributed by atoms with E-state index >= 15 is 0 Å². The molecule has 0 amide bonds. The summed E-state index contributed by atoms with van der Waals surface area (Å²) in [4.78, 5) is 0. The lowest BCUT2D eigenvalue weighted by atomic mass is 10.1. The molecule has 3 nitrogen and oxygen atoms in total. The van der Waals surface area contributed by atoms with Crippen LogP contribution in [0.4, 0.5) is 0 Å². The number of halogens is 1. The van der Waals surface area contributed by atoms with Gasteiger partial charge < -0.3 is 12.6 Å². The molecule has 0 saturated heterocycles. The summed E-state index contributed by atoms with van der Waals surface area (Å²) in [5.41, 5.74) is 2.58. The summed E-state index contributed by atoms with van der Waals surface area (Å²) in [5.74, 6) is 0.911. The SMILES string of the molecule is CCN1I=C(CCc2ccc(OC)cc2)OC=C1C. The molecule has 0 aromatic heterocycles. The first kappa shape index (κ1) is 14.4. The van der Waals surface area contributed by atoms with Crippen molar-refractivity contribution < 1.29 is 9.47 Å². The molecule has 0 N–H and O–H groups in total. The zero-order chi connectivity index (χ0) is 13.7. The first-order valence-corrected chi connectivity index (χ1v) is 8.52. The van der Waals surface area contributed by atoms with Crippen LogP contribution < -0.4 is 4.74 Å². The maximum Gasteiger partial charge on any atom is 0.152 e. The molecule has 0 atom stereocenters. The van der Waals surface area contributed by atoms with Gasteiger partial charge >= 0.3 is 0 Å². The van der Waals surface area contributed by atoms with Crippen LogP contribution in [0, 0.1) is 0 Å². The summed E-state index contributed by atoms with van der Waals surface area (Å²) in [5, 5.41) is 0. The van der Waals surface area contributed by atoms with Crippen molar-refractivity contribution in [1.29, 1.82) is 0 Å². The number of benzene rings is 1. The van der Waals surface area contributed by atoms with Crippen LogP contribution >= 0.6 is 21.0 Å². The lowest BCUT2D eigenvalue weighted by molar-refractivity contribution is 0.414. The third-order valence-electron chi connectivity index (χ3n) is 2.98. The van der Waals surface area contributed by atoms with Crippen molar-refractivity contribution in [1.82, 2.24) is 3.11 Å². The normalized spacial score (nSPS) is 15.0. The Morgan fingerprint density at radius 3 is 2.58 bits per heavy atom. The van der Waals surface area contributed by atoms with Gasteiger partial charge in [0.05, 0.1) is 12.8 Å². The van der Waals surface area contributed by atoms with Crippen LogP contribution in [-0.4, -0.2) is 20.5 Å². The monoisotopic (exact) mass is 373 g/mol. The molecule has 2 rings (SSSR count). The van der Waals surface area contributed by atoms with Crippen LogP contribution in [0.25, 0.3) is 0 Å². The van der Waals surface area contributed by atoms with Gasteiger partial charge in [-0.2, -0.15) is 0 Å². The van der Waals surface area contributed by atoms with E-state index in [1.54, 1.807) is 7.11 Å². The molecular weight excluding hydrogens is 353 g/mol. The molecule has 19 heavy (non-hydrogen) atoms. The Kier molecular flexibility index (Phi) is 5.24. The van der Waals surface area contributed by atoms with Gasteiger partial charge in [0.15, 0.2) is 3.69 Å². The number of hydrogen-bond donors (Lipinski definition) is 0. The van der Waals surface area contributed by atoms with E-state index in [0.29, 0.717) is 0 Å². The quantitative estimate of drug-likeness (QED) is 0.578. The summed E-state index contributed by atoms with van der Waals surface area (Å²) in [6.07, 6.45) is 3.93. The van der Waals surface area contributed by atoms with Crippen molar-refractivity contribution >= 4 is 24.7 Å². The number of allylic oxidation sites excluding steroid dienone is 1. The number of aryl methyl sites for hydroxylation is 1. The topological polar surface area (TPSA) is 21.7 Å². The Morgan fingerprint density at radius 2 is 1.95 bits per heavy atom. The molecule has 104 valence electrons. The lowest BCUT2D eigenvalue weighted by Crippen LogP contribution is -2.16. The summed E-state index contributed by atoms with van der Waals surface area (Å²) < 4.78 is 14.6. The molecule has 1 aliphatic heterocycles. The van der Waals surface area contributed by atoms with Gasteiger partial charge in [-0.3, -0.25) is 0 Å². The molecule has 0 spiro atoms. The molecule has 1 aromatic carbocycles. The molecule has 0 unspecified atom stereocenters. The van der Waals surface area contributed by atoms with Gasteiger partial charge in [-0.05, 0) is 38.0 Å². The molecule has 1 aromatic rings. The fraction of sp³-hybridized carbons (Fsp3) is 0.400. The van der Waals surface area contributed by atoms with Crippen LogP contribution in [0.2, 0.25) is 0 Å². The van der Waals surface area contributed by atoms with Crippen LogP contribution in [0.5, 0.6) is 5.75 Å². The first-order chi connectivity index (χ1) is 9.22. The van der Waals surface area contributed by atoms with Gasteiger partial charge in [0.1, 0.15) is 12.0 Å². The molecule has 0 radical (unpaired) electrons. The van der Waals surface area contributed by atoms with Crippen molar-refractivity contribution in [3.63, 3.8) is 0 Å². The highest BCUT2D eigenvalue weighted by Gasteiger charge is 2.11. The maximum atomic E-state index is 5.73. The zero-order valence-corrected chi connectivity index (χ0v) is 13.8. The van der Waals surface area contributed by atoms with Crippen LogP contribution in [0.3, 0.4) is 0 Å². The summed E-state index contributed by atoms with van der Waals surface area (Å²) in [6, 6.07) is 8.27. The van der Waals surface area contributed by atoms with Crippen molar-refractivity contribution in [3.8, 4) is 5.75 Å². The fourth-order valence-corrected chi connectivity index (χ4v) is 4.09. The Bertz CT molecular complexity index is 479. The van der Waals surface area contributed by atoms with Gasteiger partial charge in [0.2, 0.25) is 0 Å². The minimum absolute atomic E-state index is 0.131. The summed E-state index contributed by atoms with van der Waals surface area (Å²) in [6.45, 7) is 5.39. The van der Waals surface area contributed by atoms with Crippen molar-refractivity contribution in [2.45, 2.75) is 26.7 Å². The molecule has 0 aliphatic carbocycles. The van der Waals surface area contributed by atoms with E-state index in [9.17, 15) is 0 Å². The van der Waals surface area contributed by atoms with E-state index in [-0.39, 0.29) is 21.0 Å². The Balaban J connectivity index is 1.91. The number of nitrogens with zero attached hydrogens (tertiary/aromatic N) is 1. The largest absolute Gasteiger partial charge is 0.497 e. The standard InChI is InChI=1S/C15H20INO2/c1-4-17-12(2)11-19-15(16-17)10-7-13-5-8-14(18-3)9-6-13/h5-6,8-9,11H,4,7,10H2,1-3H3. The number of rotatable bonds is 5. The van der Waals surface area contributed by atoms with E-state index in [1.165, 1.54) is 15.0 Å². The molecule has 1 heterocycles. The van der Waals surface area contributed by atoms with Crippen LogP contribution in [0.1, 0.15) is 25.8 Å². The van der Waals surface area contributed by atoms with E-state index in [0.717, 1.165) is 25.1 Å². The van der Waals surface area contributed by atoms with Crippen molar-refractivity contribution in [3.05, 3.63) is 41.8 Å². The van der Waals surface area contributed by atoms with Gasteiger partial charge in [0.25, 0.3) is 0 Å². The van der Waals surface area contributed by atoms with Gasteiger partial charge in [-0.1, -0.05) is 12.1 Å². The average Bonchev–Trinajstić information content (AvgIpc) is 2.47. The molecule has 0 bridgehead atoms. The van der Waals surface area contributed by atoms with E-state index < -0.39 is 0 Å². The molecular formula is C15H20INO2.